The van der Waals surface area contributed by atoms with Crippen molar-refractivity contribution in [3.05, 3.63) is 42.4 Å². The Morgan fingerprint density at radius 1 is 1.12 bits per heavy atom. The van der Waals surface area contributed by atoms with Crippen molar-refractivity contribution in [3.63, 3.8) is 0 Å². The van der Waals surface area contributed by atoms with Crippen LogP contribution in [0.5, 0.6) is 17.6 Å². The average molecular weight is 340 g/mol. The summed E-state index contributed by atoms with van der Waals surface area (Å²) in [6.45, 7) is 0.737. The van der Waals surface area contributed by atoms with Crippen LogP contribution >= 0.6 is 0 Å². The van der Waals surface area contributed by atoms with E-state index in [1.165, 1.54) is 7.11 Å². The summed E-state index contributed by atoms with van der Waals surface area (Å²) in [4.78, 5) is 12.6. The first-order chi connectivity index (χ1) is 12.3. The third-order valence-electron chi connectivity index (χ3n) is 3.79. The molecule has 0 spiro atoms. The monoisotopic (exact) mass is 340 g/mol. The van der Waals surface area contributed by atoms with E-state index in [4.69, 9.17) is 18.7 Å². The minimum atomic E-state index is -0.0888. The quantitative estimate of drug-likeness (QED) is 0.699. The minimum Gasteiger partial charge on any atom is -0.481 e. The zero-order valence-corrected chi connectivity index (χ0v) is 13.6. The highest BCUT2D eigenvalue weighted by Gasteiger charge is 2.24. The standard InChI is InChI=1S/C17H16N4O4/c1-22-14-8-9-18-17(19-14)24-12-6-4-11(5-7-12)15-20-16(25-21-15)13-3-2-10-23-13/h4-9,13H,2-3,10H2,1H3. The van der Waals surface area contributed by atoms with Gasteiger partial charge >= 0.3 is 6.01 Å². The van der Waals surface area contributed by atoms with Crippen LogP contribution in [0, 0.1) is 0 Å². The fourth-order valence-corrected chi connectivity index (χ4v) is 2.52. The Bertz CT molecular complexity index is 844. The molecule has 0 saturated carbocycles. The molecule has 0 N–H and O–H groups in total. The van der Waals surface area contributed by atoms with E-state index >= 15 is 0 Å². The normalized spacial score (nSPS) is 16.8. The topological polar surface area (TPSA) is 92.4 Å². The molecule has 1 aliphatic heterocycles. The van der Waals surface area contributed by atoms with Gasteiger partial charge in [0.25, 0.3) is 5.89 Å². The third-order valence-corrected chi connectivity index (χ3v) is 3.79. The summed E-state index contributed by atoms with van der Waals surface area (Å²) in [5.74, 6) is 2.09. The Morgan fingerprint density at radius 2 is 2.00 bits per heavy atom. The van der Waals surface area contributed by atoms with Gasteiger partial charge in [-0.2, -0.15) is 9.97 Å². The van der Waals surface area contributed by atoms with E-state index < -0.39 is 0 Å². The van der Waals surface area contributed by atoms with E-state index in [0.717, 1.165) is 25.0 Å². The molecule has 8 nitrogen and oxygen atoms in total. The Kier molecular flexibility index (Phi) is 4.26. The Morgan fingerprint density at radius 3 is 2.76 bits per heavy atom. The Balaban J connectivity index is 1.48. The summed E-state index contributed by atoms with van der Waals surface area (Å²) in [5.41, 5.74) is 0.826. The first-order valence-corrected chi connectivity index (χ1v) is 7.92. The van der Waals surface area contributed by atoms with Gasteiger partial charge in [-0.3, -0.25) is 0 Å². The number of methoxy groups -OCH3 is 1. The summed E-state index contributed by atoms with van der Waals surface area (Å²) < 4.78 is 21.5. The molecule has 3 heterocycles. The van der Waals surface area contributed by atoms with Crippen LogP contribution in [-0.2, 0) is 4.74 Å². The largest absolute Gasteiger partial charge is 0.481 e. The highest BCUT2D eigenvalue weighted by Crippen LogP contribution is 2.29. The summed E-state index contributed by atoms with van der Waals surface area (Å²) in [5, 5.41) is 4.02. The number of benzene rings is 1. The van der Waals surface area contributed by atoms with Gasteiger partial charge in [-0.25, -0.2) is 4.98 Å². The van der Waals surface area contributed by atoms with Crippen molar-refractivity contribution in [2.75, 3.05) is 13.7 Å². The van der Waals surface area contributed by atoms with E-state index in [0.29, 0.717) is 23.3 Å². The summed E-state index contributed by atoms with van der Waals surface area (Å²) >= 11 is 0. The molecular weight excluding hydrogens is 324 g/mol. The first-order valence-electron chi connectivity index (χ1n) is 7.92. The smallest absolute Gasteiger partial charge is 0.325 e. The summed E-state index contributed by atoms with van der Waals surface area (Å²) in [7, 11) is 1.54. The maximum absolute atomic E-state index is 5.61. The molecule has 1 fully saturated rings. The second-order valence-corrected chi connectivity index (χ2v) is 5.47. The molecule has 1 aromatic carbocycles. The van der Waals surface area contributed by atoms with Crippen LogP contribution in [0.25, 0.3) is 11.4 Å². The van der Waals surface area contributed by atoms with Crippen LogP contribution in [0.4, 0.5) is 0 Å². The van der Waals surface area contributed by atoms with E-state index in [9.17, 15) is 0 Å². The van der Waals surface area contributed by atoms with E-state index in [-0.39, 0.29) is 12.1 Å². The fraction of sp³-hybridized carbons (Fsp3) is 0.294. The van der Waals surface area contributed by atoms with Crippen LogP contribution < -0.4 is 9.47 Å². The maximum atomic E-state index is 5.61. The molecule has 2 aromatic heterocycles. The van der Waals surface area contributed by atoms with Crippen LogP contribution in [-0.4, -0.2) is 33.8 Å². The lowest BCUT2D eigenvalue weighted by Gasteiger charge is -2.05. The zero-order chi connectivity index (χ0) is 17.1. The van der Waals surface area contributed by atoms with E-state index in [2.05, 4.69) is 20.1 Å². The fourth-order valence-electron chi connectivity index (χ4n) is 2.52. The zero-order valence-electron chi connectivity index (χ0n) is 13.6. The number of nitrogens with zero attached hydrogens (tertiary/aromatic N) is 4. The molecule has 3 aromatic rings. The van der Waals surface area contributed by atoms with E-state index in [1.807, 2.05) is 12.1 Å². The predicted molar refractivity (Wildman–Crippen MR) is 86.3 cm³/mol. The van der Waals surface area contributed by atoms with Gasteiger partial charge in [0, 0.05) is 24.4 Å². The van der Waals surface area contributed by atoms with Crippen LogP contribution in [0.1, 0.15) is 24.8 Å². The summed E-state index contributed by atoms with van der Waals surface area (Å²) in [6.07, 6.45) is 3.41. The van der Waals surface area contributed by atoms with Gasteiger partial charge in [0.2, 0.25) is 11.7 Å². The lowest BCUT2D eigenvalue weighted by Crippen LogP contribution is -1.95. The van der Waals surface area contributed by atoms with Gasteiger partial charge in [-0.15, -0.1) is 0 Å². The molecule has 4 rings (SSSR count). The Labute approximate surface area is 143 Å². The molecule has 0 bridgehead atoms. The first kappa shape index (κ1) is 15.5. The molecule has 25 heavy (non-hydrogen) atoms. The molecule has 128 valence electrons. The molecule has 1 atom stereocenters. The van der Waals surface area contributed by atoms with Gasteiger partial charge in [0.15, 0.2) is 0 Å². The second kappa shape index (κ2) is 6.86. The van der Waals surface area contributed by atoms with Crippen molar-refractivity contribution in [1.29, 1.82) is 0 Å². The van der Waals surface area contributed by atoms with Gasteiger partial charge in [-0.1, -0.05) is 5.16 Å². The summed E-state index contributed by atoms with van der Waals surface area (Å²) in [6, 6.07) is 9.14. The van der Waals surface area contributed by atoms with Crippen LogP contribution in [0.3, 0.4) is 0 Å². The highest BCUT2D eigenvalue weighted by molar-refractivity contribution is 5.55. The molecular formula is C17H16N4O4. The highest BCUT2D eigenvalue weighted by atomic mass is 16.5. The van der Waals surface area contributed by atoms with Crippen molar-refractivity contribution in [2.45, 2.75) is 18.9 Å². The lowest BCUT2D eigenvalue weighted by molar-refractivity contribution is 0.0835. The van der Waals surface area contributed by atoms with Gasteiger partial charge in [0.05, 0.1) is 7.11 Å². The molecule has 1 unspecified atom stereocenters. The van der Waals surface area contributed by atoms with Crippen molar-refractivity contribution in [2.24, 2.45) is 0 Å². The van der Waals surface area contributed by atoms with Crippen molar-refractivity contribution < 1.29 is 18.7 Å². The average Bonchev–Trinajstić information content (AvgIpc) is 3.34. The molecule has 1 aliphatic rings. The van der Waals surface area contributed by atoms with Gasteiger partial charge in [-0.05, 0) is 37.1 Å². The van der Waals surface area contributed by atoms with E-state index in [1.54, 1.807) is 24.4 Å². The lowest BCUT2D eigenvalue weighted by atomic mass is 10.2. The van der Waals surface area contributed by atoms with Crippen LogP contribution in [0.2, 0.25) is 0 Å². The molecule has 1 saturated heterocycles. The minimum absolute atomic E-state index is 0.0888. The number of ether oxygens (including phenoxy) is 3. The second-order valence-electron chi connectivity index (χ2n) is 5.47. The van der Waals surface area contributed by atoms with Crippen molar-refractivity contribution in [1.82, 2.24) is 20.1 Å². The number of hydrogen-bond acceptors (Lipinski definition) is 8. The van der Waals surface area contributed by atoms with Crippen molar-refractivity contribution >= 4 is 0 Å². The van der Waals surface area contributed by atoms with Gasteiger partial charge < -0.3 is 18.7 Å². The number of aromatic nitrogens is 4. The number of hydrogen-bond donors (Lipinski definition) is 0. The molecule has 0 radical (unpaired) electrons. The van der Waals surface area contributed by atoms with Crippen molar-refractivity contribution in [3.8, 4) is 29.0 Å². The van der Waals surface area contributed by atoms with Gasteiger partial charge in [0.1, 0.15) is 11.9 Å². The maximum Gasteiger partial charge on any atom is 0.325 e. The molecule has 0 aliphatic carbocycles. The SMILES string of the molecule is COc1ccnc(Oc2ccc(-c3noc(C4CCCO4)n3)cc2)n1. The van der Waals surface area contributed by atoms with Crippen LogP contribution in [0.15, 0.2) is 41.1 Å². The predicted octanol–water partition coefficient (Wildman–Crippen LogP) is 3.18. The third kappa shape index (κ3) is 3.43. The Hall–Kier alpha value is -3.00. The molecule has 0 amide bonds. The number of rotatable bonds is 5. The molecule has 8 heteroatoms.